The minimum Gasteiger partial charge on any atom is -0.279 e. The minimum absolute atomic E-state index is 0.0617. The summed E-state index contributed by atoms with van der Waals surface area (Å²) in [4.78, 5) is 17.6. The van der Waals surface area contributed by atoms with Gasteiger partial charge in [-0.3, -0.25) is 4.90 Å². The molecule has 272 valence electrons. The van der Waals surface area contributed by atoms with Crippen LogP contribution < -0.4 is 21.3 Å². The van der Waals surface area contributed by atoms with Crippen molar-refractivity contribution in [1.82, 2.24) is 15.0 Å². The third-order valence-corrected chi connectivity index (χ3v) is 10.6. The maximum Gasteiger partial charge on any atom is 0.242 e. The molecule has 1 aromatic heterocycles. The van der Waals surface area contributed by atoms with Crippen molar-refractivity contribution in [2.75, 3.05) is 4.90 Å². The molecule has 0 saturated heterocycles. The molecule has 0 aliphatic rings. The van der Waals surface area contributed by atoms with E-state index in [0.29, 0.717) is 17.6 Å². The summed E-state index contributed by atoms with van der Waals surface area (Å²) in [5.74, 6) is 1.78. The molecule has 0 aliphatic heterocycles. The van der Waals surface area contributed by atoms with Gasteiger partial charge in [0.25, 0.3) is 0 Å². The second-order valence-corrected chi connectivity index (χ2v) is 14.9. The zero-order chi connectivity index (χ0) is 38.8. The molecule has 8 aromatic rings. The molecule has 7 aromatic carbocycles. The van der Waals surface area contributed by atoms with Crippen LogP contribution in [0.4, 0.5) is 17.3 Å². The number of rotatable bonds is 9. The van der Waals surface area contributed by atoms with Crippen LogP contribution in [0.2, 0.25) is 0 Å². The maximum absolute atomic E-state index is 5.20. The number of nitrogens with zero attached hydrogens (tertiary/aromatic N) is 4. The molecule has 0 amide bonds. The number of aryl methyl sites for hydroxylation is 6. The van der Waals surface area contributed by atoms with Gasteiger partial charge >= 0.3 is 0 Å². The molecule has 0 spiro atoms. The zero-order valence-corrected chi connectivity index (χ0v) is 33.0. The number of hydrogen-bond donors (Lipinski definition) is 0. The Labute approximate surface area is 331 Å². The SMILES string of the molecule is Cc1cc(C)c(B(c2ccc(N(c3cccc(-c4ccccc4)c3)c3nc(-c4ccccc4)nc(-c4ccccc4)n3)cc2)c2c(C)cc(C)cc2C)c(C)c1. The van der Waals surface area contributed by atoms with E-state index in [9.17, 15) is 0 Å². The van der Waals surface area contributed by atoms with Gasteiger partial charge in [-0.25, -0.2) is 4.98 Å². The van der Waals surface area contributed by atoms with Crippen LogP contribution in [0.15, 0.2) is 164 Å². The number of aromatic nitrogens is 3. The summed E-state index contributed by atoms with van der Waals surface area (Å²) in [6, 6.07) is 57.7. The maximum atomic E-state index is 5.20. The first-order valence-corrected chi connectivity index (χ1v) is 19.3. The van der Waals surface area contributed by atoms with Gasteiger partial charge in [0, 0.05) is 22.5 Å². The Hall–Kier alpha value is -6.59. The number of benzene rings is 7. The molecule has 0 N–H and O–H groups in total. The lowest BCUT2D eigenvalue weighted by Gasteiger charge is -2.27. The molecule has 0 saturated carbocycles. The van der Waals surface area contributed by atoms with Crippen molar-refractivity contribution in [2.45, 2.75) is 41.5 Å². The van der Waals surface area contributed by atoms with Crippen LogP contribution in [0.5, 0.6) is 0 Å². The van der Waals surface area contributed by atoms with Crippen LogP contribution in [-0.4, -0.2) is 21.7 Å². The first-order chi connectivity index (χ1) is 27.2. The van der Waals surface area contributed by atoms with Crippen molar-refractivity contribution < 1.29 is 0 Å². The molecule has 0 fully saturated rings. The number of hydrogen-bond acceptors (Lipinski definition) is 4. The van der Waals surface area contributed by atoms with Crippen molar-refractivity contribution in [2.24, 2.45) is 0 Å². The largest absolute Gasteiger partial charge is 0.279 e. The van der Waals surface area contributed by atoms with Gasteiger partial charge in [-0.05, 0) is 76.9 Å². The molecule has 1 heterocycles. The van der Waals surface area contributed by atoms with E-state index >= 15 is 0 Å². The minimum atomic E-state index is 0.0617. The molecule has 0 radical (unpaired) electrons. The summed E-state index contributed by atoms with van der Waals surface area (Å²) in [5, 5.41) is 0. The second kappa shape index (κ2) is 15.6. The highest BCUT2D eigenvalue weighted by Crippen LogP contribution is 2.36. The predicted octanol–water partition coefficient (Wildman–Crippen LogP) is 10.7. The van der Waals surface area contributed by atoms with E-state index in [4.69, 9.17) is 15.0 Å². The summed E-state index contributed by atoms with van der Waals surface area (Å²) < 4.78 is 0. The lowest BCUT2D eigenvalue weighted by molar-refractivity contribution is 1.02. The lowest BCUT2D eigenvalue weighted by Crippen LogP contribution is -2.55. The molecule has 0 unspecified atom stereocenters. The zero-order valence-electron chi connectivity index (χ0n) is 33.0. The highest BCUT2D eigenvalue weighted by molar-refractivity contribution is 6.96. The molecular weight excluding hydrogens is 679 g/mol. The molecule has 0 aliphatic carbocycles. The Morgan fingerprint density at radius 2 is 0.804 bits per heavy atom. The lowest BCUT2D eigenvalue weighted by atomic mass is 9.34. The van der Waals surface area contributed by atoms with Gasteiger partial charge < -0.3 is 0 Å². The molecular formula is C51H45BN4. The quantitative estimate of drug-likeness (QED) is 0.139. The van der Waals surface area contributed by atoms with E-state index in [2.05, 4.69) is 150 Å². The summed E-state index contributed by atoms with van der Waals surface area (Å²) in [6.07, 6.45) is 0. The molecule has 56 heavy (non-hydrogen) atoms. The van der Waals surface area contributed by atoms with Gasteiger partial charge in [0.1, 0.15) is 0 Å². The van der Waals surface area contributed by atoms with Crippen LogP contribution in [0.3, 0.4) is 0 Å². The van der Waals surface area contributed by atoms with Crippen molar-refractivity contribution in [3.8, 4) is 33.9 Å². The van der Waals surface area contributed by atoms with Gasteiger partial charge in [-0.2, -0.15) is 9.97 Å². The van der Waals surface area contributed by atoms with Gasteiger partial charge in [0.15, 0.2) is 11.6 Å². The van der Waals surface area contributed by atoms with Crippen LogP contribution in [-0.2, 0) is 0 Å². The van der Waals surface area contributed by atoms with Gasteiger partial charge in [-0.15, -0.1) is 0 Å². The van der Waals surface area contributed by atoms with E-state index in [0.717, 1.165) is 33.6 Å². The molecule has 4 nitrogen and oxygen atoms in total. The van der Waals surface area contributed by atoms with Gasteiger partial charge in [0.05, 0.1) is 0 Å². The van der Waals surface area contributed by atoms with E-state index in [-0.39, 0.29) is 6.71 Å². The third-order valence-electron chi connectivity index (χ3n) is 10.6. The van der Waals surface area contributed by atoms with E-state index in [1.54, 1.807) is 0 Å². The van der Waals surface area contributed by atoms with Crippen molar-refractivity contribution >= 4 is 40.4 Å². The Bertz CT molecular complexity index is 2480. The molecule has 0 bridgehead atoms. The van der Waals surface area contributed by atoms with E-state index in [1.165, 1.54) is 49.8 Å². The van der Waals surface area contributed by atoms with Crippen molar-refractivity contribution in [3.63, 3.8) is 0 Å². The molecule has 8 rings (SSSR count). The fourth-order valence-electron chi connectivity index (χ4n) is 8.32. The van der Waals surface area contributed by atoms with Gasteiger partial charge in [-0.1, -0.05) is 189 Å². The van der Waals surface area contributed by atoms with E-state index in [1.807, 2.05) is 60.7 Å². The second-order valence-electron chi connectivity index (χ2n) is 14.9. The smallest absolute Gasteiger partial charge is 0.242 e. The van der Waals surface area contributed by atoms with Crippen LogP contribution in [0.1, 0.15) is 33.4 Å². The average Bonchev–Trinajstić information content (AvgIpc) is 3.21. The summed E-state index contributed by atoms with van der Waals surface area (Å²) in [5.41, 5.74) is 17.8. The molecule has 5 heteroatoms. The summed E-state index contributed by atoms with van der Waals surface area (Å²) in [6.45, 7) is 13.5. The summed E-state index contributed by atoms with van der Waals surface area (Å²) >= 11 is 0. The Kier molecular flexibility index (Phi) is 10.2. The predicted molar refractivity (Wildman–Crippen MR) is 237 cm³/mol. The van der Waals surface area contributed by atoms with Crippen LogP contribution >= 0.6 is 0 Å². The average molecular weight is 725 g/mol. The normalized spacial score (nSPS) is 11.0. The number of anilines is 3. The Balaban J connectivity index is 1.34. The Morgan fingerprint density at radius 3 is 1.27 bits per heavy atom. The topological polar surface area (TPSA) is 41.9 Å². The standard InChI is InChI=1S/C51H45BN4/c1-34-29-36(3)47(37(4)30-34)52(48-38(5)31-35(2)32-39(48)6)44-25-27-45(28-26-44)56(46-24-16-23-43(33-46)40-17-10-7-11-18-40)51-54-49(41-19-12-8-13-20-41)53-50(55-51)42-21-14-9-15-22-42/h7-33H,1-6H3. The monoisotopic (exact) mass is 724 g/mol. The van der Waals surface area contributed by atoms with Crippen molar-refractivity contribution in [1.29, 1.82) is 0 Å². The van der Waals surface area contributed by atoms with Crippen LogP contribution in [0.25, 0.3) is 33.9 Å². The first kappa shape index (κ1) is 36.4. The fraction of sp³-hybridized carbons (Fsp3) is 0.118. The molecule has 0 atom stereocenters. The van der Waals surface area contributed by atoms with Gasteiger partial charge in [0.2, 0.25) is 12.7 Å². The van der Waals surface area contributed by atoms with Crippen molar-refractivity contribution in [3.05, 3.63) is 197 Å². The highest BCUT2D eigenvalue weighted by atomic mass is 15.3. The first-order valence-electron chi connectivity index (χ1n) is 19.3. The van der Waals surface area contributed by atoms with E-state index < -0.39 is 0 Å². The van der Waals surface area contributed by atoms with Crippen LogP contribution in [0, 0.1) is 41.5 Å². The fourth-order valence-corrected chi connectivity index (χ4v) is 8.32. The third kappa shape index (κ3) is 7.41. The summed E-state index contributed by atoms with van der Waals surface area (Å²) in [7, 11) is 0. The highest BCUT2D eigenvalue weighted by Gasteiger charge is 2.29. The Morgan fingerprint density at radius 1 is 0.375 bits per heavy atom.